The zero-order valence-corrected chi connectivity index (χ0v) is 8.86. The number of hydrogen-bond acceptors (Lipinski definition) is 6. The molecule has 0 aromatic heterocycles. The molecule has 0 fully saturated rings. The Hall–Kier alpha value is 0.0400. The summed E-state index contributed by atoms with van der Waals surface area (Å²) in [4.78, 5) is 0. The number of hydrogen-bond donors (Lipinski definition) is 2. The topological polar surface area (TPSA) is 93.1 Å². The van der Waals surface area contributed by atoms with E-state index in [0.29, 0.717) is 0 Å². The van der Waals surface area contributed by atoms with Gasteiger partial charge in [-0.15, -0.1) is 9.05 Å². The SMILES string of the molecule is O=[PH+]OCC(CO)(CO)CO[PH+]=O. The molecule has 0 aromatic rings. The Kier molecular flexibility index (Phi) is 7.47. The van der Waals surface area contributed by atoms with Crippen molar-refractivity contribution in [3.8, 4) is 0 Å². The highest BCUT2D eigenvalue weighted by Gasteiger charge is 2.33. The Labute approximate surface area is 78.4 Å². The van der Waals surface area contributed by atoms with E-state index in [2.05, 4.69) is 9.05 Å². The van der Waals surface area contributed by atoms with Gasteiger partial charge in [-0.2, -0.15) is 0 Å². The molecule has 0 saturated carbocycles. The highest BCUT2D eigenvalue weighted by molar-refractivity contribution is 7.17. The van der Waals surface area contributed by atoms with Gasteiger partial charge in [-0.25, -0.2) is 0 Å². The van der Waals surface area contributed by atoms with Gasteiger partial charge >= 0.3 is 17.4 Å². The molecule has 0 radical (unpaired) electrons. The van der Waals surface area contributed by atoms with E-state index in [9.17, 15) is 9.13 Å². The van der Waals surface area contributed by atoms with Gasteiger partial charge in [0.15, 0.2) is 0 Å². The summed E-state index contributed by atoms with van der Waals surface area (Å²) in [6.07, 6.45) is 0. The maximum atomic E-state index is 10.0. The lowest BCUT2D eigenvalue weighted by molar-refractivity contribution is -0.0126. The number of aliphatic hydroxyl groups excluding tert-OH is 2. The van der Waals surface area contributed by atoms with Crippen molar-refractivity contribution in [2.24, 2.45) is 5.41 Å². The average Bonchev–Trinajstić information content (AvgIpc) is 2.20. The quantitative estimate of drug-likeness (QED) is 0.564. The number of aliphatic hydroxyl groups is 2. The standard InChI is InChI=1S/C5H12O6P2/c6-1-5(2-7,3-10-12-8)4-11-13-9/h6-7,12-13H,1-4H2/q+2. The second kappa shape index (κ2) is 7.44. The third-order valence-corrected chi connectivity index (χ3v) is 2.07. The van der Waals surface area contributed by atoms with Crippen LogP contribution in [0.3, 0.4) is 0 Å². The smallest absolute Gasteiger partial charge is 0.396 e. The van der Waals surface area contributed by atoms with Crippen LogP contribution in [-0.4, -0.2) is 36.6 Å². The lowest BCUT2D eigenvalue weighted by atomic mass is 9.93. The minimum atomic E-state index is -1.03. The average molecular weight is 230 g/mol. The summed E-state index contributed by atoms with van der Waals surface area (Å²) in [5, 5.41) is 17.8. The Morgan fingerprint density at radius 1 is 1.00 bits per heavy atom. The summed E-state index contributed by atoms with van der Waals surface area (Å²) < 4.78 is 29.1. The van der Waals surface area contributed by atoms with Crippen molar-refractivity contribution in [1.82, 2.24) is 0 Å². The summed E-state index contributed by atoms with van der Waals surface area (Å²) in [5.74, 6) is 0. The molecular formula is C5H12O6P2+2. The van der Waals surface area contributed by atoms with Crippen LogP contribution in [0.2, 0.25) is 0 Å². The lowest BCUT2D eigenvalue weighted by Gasteiger charge is -2.22. The molecule has 0 aliphatic carbocycles. The third kappa shape index (κ3) is 4.72. The highest BCUT2D eigenvalue weighted by atomic mass is 31.1. The van der Waals surface area contributed by atoms with Crippen LogP contribution in [0.1, 0.15) is 0 Å². The lowest BCUT2D eigenvalue weighted by Crippen LogP contribution is -2.38. The minimum Gasteiger partial charge on any atom is -0.396 e. The monoisotopic (exact) mass is 230 g/mol. The summed E-state index contributed by atoms with van der Waals surface area (Å²) in [6, 6.07) is 0. The van der Waals surface area contributed by atoms with E-state index in [1.165, 1.54) is 0 Å². The normalized spacial score (nSPS) is 12.5. The molecule has 0 amide bonds. The number of rotatable bonds is 8. The third-order valence-electron chi connectivity index (χ3n) is 1.55. The van der Waals surface area contributed by atoms with Crippen LogP contribution < -0.4 is 0 Å². The molecule has 76 valence electrons. The molecule has 13 heavy (non-hydrogen) atoms. The van der Waals surface area contributed by atoms with Crippen LogP contribution in [0.4, 0.5) is 0 Å². The Morgan fingerprint density at radius 3 is 1.62 bits per heavy atom. The molecule has 0 heterocycles. The zero-order valence-electron chi connectivity index (χ0n) is 6.86. The van der Waals surface area contributed by atoms with Crippen molar-refractivity contribution in [2.45, 2.75) is 0 Å². The van der Waals surface area contributed by atoms with Gasteiger partial charge in [0, 0.05) is 0 Å². The molecule has 0 aliphatic rings. The van der Waals surface area contributed by atoms with Crippen LogP contribution in [0.25, 0.3) is 0 Å². The van der Waals surface area contributed by atoms with E-state index in [4.69, 9.17) is 10.2 Å². The zero-order chi connectivity index (χ0) is 10.2. The van der Waals surface area contributed by atoms with E-state index < -0.39 is 36.0 Å². The maximum Gasteiger partial charge on any atom is 0.494 e. The van der Waals surface area contributed by atoms with Gasteiger partial charge in [-0.1, -0.05) is 0 Å². The Bertz CT molecular complexity index is 145. The first-order valence-electron chi connectivity index (χ1n) is 3.44. The summed E-state index contributed by atoms with van der Waals surface area (Å²) in [7, 11) is -1.92. The van der Waals surface area contributed by atoms with Crippen LogP contribution in [0.5, 0.6) is 0 Å². The second-order valence-electron chi connectivity index (χ2n) is 2.56. The van der Waals surface area contributed by atoms with Crippen LogP contribution in [0, 0.1) is 5.41 Å². The van der Waals surface area contributed by atoms with Crippen LogP contribution in [0.15, 0.2) is 0 Å². The van der Waals surface area contributed by atoms with E-state index >= 15 is 0 Å². The molecule has 2 unspecified atom stereocenters. The molecule has 6 nitrogen and oxygen atoms in total. The van der Waals surface area contributed by atoms with Crippen molar-refractivity contribution < 1.29 is 28.4 Å². The summed E-state index contributed by atoms with van der Waals surface area (Å²) in [5.41, 5.74) is -1.03. The molecule has 0 bridgehead atoms. The molecule has 2 N–H and O–H groups in total. The van der Waals surface area contributed by atoms with E-state index in [0.717, 1.165) is 0 Å². The molecule has 0 spiro atoms. The summed E-state index contributed by atoms with van der Waals surface area (Å²) in [6.45, 7) is -0.990. The highest BCUT2D eigenvalue weighted by Crippen LogP contribution is 2.20. The summed E-state index contributed by atoms with van der Waals surface area (Å²) >= 11 is 0. The van der Waals surface area contributed by atoms with Crippen molar-refractivity contribution >= 4 is 17.4 Å². The predicted octanol–water partition coefficient (Wildman–Crippen LogP) is -0.131. The van der Waals surface area contributed by atoms with Crippen molar-refractivity contribution in [3.05, 3.63) is 0 Å². The minimum absolute atomic E-state index is 0.105. The van der Waals surface area contributed by atoms with Gasteiger partial charge in [0.05, 0.1) is 18.6 Å². The van der Waals surface area contributed by atoms with Gasteiger partial charge in [-0.05, 0) is 9.13 Å². The first kappa shape index (κ1) is 13.0. The van der Waals surface area contributed by atoms with E-state index in [1.807, 2.05) is 0 Å². The second-order valence-corrected chi connectivity index (χ2v) is 3.47. The van der Waals surface area contributed by atoms with E-state index in [1.54, 1.807) is 0 Å². The van der Waals surface area contributed by atoms with Crippen molar-refractivity contribution in [3.63, 3.8) is 0 Å². The molecule has 0 aliphatic heterocycles. The van der Waals surface area contributed by atoms with Crippen LogP contribution >= 0.6 is 17.4 Å². The Balaban J connectivity index is 4.11. The van der Waals surface area contributed by atoms with Crippen LogP contribution in [-0.2, 0) is 18.2 Å². The van der Waals surface area contributed by atoms with Gasteiger partial charge in [0.2, 0.25) is 0 Å². The molecule has 0 aromatic carbocycles. The molecular weight excluding hydrogens is 218 g/mol. The van der Waals surface area contributed by atoms with Gasteiger partial charge < -0.3 is 10.2 Å². The maximum absolute atomic E-state index is 10.0. The fraction of sp³-hybridized carbons (Fsp3) is 1.00. The predicted molar refractivity (Wildman–Crippen MR) is 46.5 cm³/mol. The van der Waals surface area contributed by atoms with Gasteiger partial charge in [0.1, 0.15) is 13.2 Å². The first-order chi connectivity index (χ1) is 6.24. The van der Waals surface area contributed by atoms with Crippen molar-refractivity contribution in [2.75, 3.05) is 26.4 Å². The molecule has 2 atom stereocenters. The largest absolute Gasteiger partial charge is 0.494 e. The molecule has 8 heteroatoms. The fourth-order valence-electron chi connectivity index (χ4n) is 0.639. The fourth-order valence-corrected chi connectivity index (χ4v) is 1.37. The molecule has 0 saturated heterocycles. The van der Waals surface area contributed by atoms with Gasteiger partial charge in [-0.3, -0.25) is 0 Å². The Morgan fingerprint density at radius 2 is 1.38 bits per heavy atom. The molecule has 0 rings (SSSR count). The van der Waals surface area contributed by atoms with E-state index in [-0.39, 0.29) is 13.2 Å². The van der Waals surface area contributed by atoms with Gasteiger partial charge in [0.25, 0.3) is 0 Å². The first-order valence-corrected chi connectivity index (χ1v) is 5.07. The van der Waals surface area contributed by atoms with Crippen molar-refractivity contribution in [1.29, 1.82) is 0 Å².